The Labute approximate surface area is 131 Å². The lowest BCUT2D eigenvalue weighted by Crippen LogP contribution is -2.38. The van der Waals surface area contributed by atoms with Crippen LogP contribution in [-0.4, -0.2) is 34.2 Å². The fraction of sp³-hybridized carbons (Fsp3) is 0.688. The van der Waals surface area contributed by atoms with Gasteiger partial charge in [-0.3, -0.25) is 14.3 Å². The minimum Gasteiger partial charge on any atom is -0.353 e. The maximum Gasteiger partial charge on any atom is 0.227 e. The van der Waals surface area contributed by atoms with Crippen molar-refractivity contribution in [3.8, 4) is 0 Å². The van der Waals surface area contributed by atoms with Gasteiger partial charge in [-0.2, -0.15) is 5.10 Å². The highest BCUT2D eigenvalue weighted by molar-refractivity contribution is 6.00. The first-order chi connectivity index (χ1) is 10.4. The molecule has 2 amide bonds. The number of carbonyl (C=O) groups excluding carboxylic acids is 2. The molecule has 0 unspecified atom stereocenters. The van der Waals surface area contributed by atoms with Gasteiger partial charge in [-0.25, -0.2) is 0 Å². The van der Waals surface area contributed by atoms with E-state index in [-0.39, 0.29) is 30.2 Å². The summed E-state index contributed by atoms with van der Waals surface area (Å²) < 4.78 is 1.85. The number of nitrogens with one attached hydrogen (secondary N) is 1. The molecule has 122 valence electrons. The number of hydrogen-bond donors (Lipinski definition) is 1. The van der Waals surface area contributed by atoms with E-state index in [0.29, 0.717) is 12.5 Å². The van der Waals surface area contributed by atoms with Gasteiger partial charge in [-0.05, 0) is 19.3 Å². The Bertz CT molecular complexity index is 538. The summed E-state index contributed by atoms with van der Waals surface area (Å²) in [4.78, 5) is 26.0. The fourth-order valence-corrected chi connectivity index (χ4v) is 2.56. The molecule has 0 saturated carbocycles. The molecule has 0 aromatic carbocycles. The van der Waals surface area contributed by atoms with E-state index in [9.17, 15) is 9.59 Å². The van der Waals surface area contributed by atoms with Crippen molar-refractivity contribution in [3.63, 3.8) is 0 Å². The predicted molar refractivity (Wildman–Crippen MR) is 85.4 cm³/mol. The van der Waals surface area contributed by atoms with E-state index < -0.39 is 0 Å². The molecule has 6 heteroatoms. The van der Waals surface area contributed by atoms with Gasteiger partial charge < -0.3 is 10.2 Å². The van der Waals surface area contributed by atoms with E-state index in [4.69, 9.17) is 0 Å². The predicted octanol–water partition coefficient (Wildman–Crippen LogP) is 1.81. The summed E-state index contributed by atoms with van der Waals surface area (Å²) in [5.74, 6) is 0.194. The molecule has 2 atom stereocenters. The maximum atomic E-state index is 12.2. The molecule has 1 N–H and O–H groups in total. The highest BCUT2D eigenvalue weighted by Crippen LogP contribution is 2.25. The molecule has 2 heterocycles. The molecular weight excluding hydrogens is 280 g/mol. The van der Waals surface area contributed by atoms with Gasteiger partial charge in [0.2, 0.25) is 11.8 Å². The van der Waals surface area contributed by atoms with Crippen molar-refractivity contribution in [1.29, 1.82) is 0 Å². The van der Waals surface area contributed by atoms with E-state index in [0.717, 1.165) is 18.7 Å². The highest BCUT2D eigenvalue weighted by atomic mass is 16.2. The van der Waals surface area contributed by atoms with E-state index in [1.54, 1.807) is 11.1 Å². The van der Waals surface area contributed by atoms with Gasteiger partial charge in [-0.15, -0.1) is 0 Å². The Morgan fingerprint density at radius 1 is 1.45 bits per heavy atom. The van der Waals surface area contributed by atoms with Gasteiger partial charge in [0.05, 0.1) is 17.8 Å². The van der Waals surface area contributed by atoms with Crippen LogP contribution in [0.15, 0.2) is 12.4 Å². The van der Waals surface area contributed by atoms with Crippen molar-refractivity contribution in [3.05, 3.63) is 12.4 Å². The average Bonchev–Trinajstić information content (AvgIpc) is 3.04. The maximum absolute atomic E-state index is 12.2. The Kier molecular flexibility index (Phi) is 5.21. The molecule has 0 aliphatic carbocycles. The van der Waals surface area contributed by atoms with Crippen LogP contribution in [0.4, 0.5) is 5.69 Å². The quantitative estimate of drug-likeness (QED) is 0.871. The van der Waals surface area contributed by atoms with Crippen LogP contribution in [0.1, 0.15) is 40.5 Å². The van der Waals surface area contributed by atoms with Gasteiger partial charge in [0.15, 0.2) is 0 Å². The van der Waals surface area contributed by atoms with Crippen LogP contribution in [0, 0.1) is 11.8 Å². The molecule has 0 spiro atoms. The summed E-state index contributed by atoms with van der Waals surface area (Å²) in [6.45, 7) is 9.51. The molecule has 0 radical (unpaired) electrons. The zero-order chi connectivity index (χ0) is 16.3. The first kappa shape index (κ1) is 16.5. The second-order valence-corrected chi connectivity index (χ2v) is 6.54. The van der Waals surface area contributed by atoms with Gasteiger partial charge in [0.1, 0.15) is 0 Å². The van der Waals surface area contributed by atoms with E-state index in [2.05, 4.69) is 24.3 Å². The van der Waals surface area contributed by atoms with E-state index in [1.807, 2.05) is 24.7 Å². The number of aromatic nitrogens is 2. The van der Waals surface area contributed by atoms with Gasteiger partial charge in [0.25, 0.3) is 0 Å². The van der Waals surface area contributed by atoms with Gasteiger partial charge in [-0.1, -0.05) is 20.8 Å². The molecule has 2 rings (SSSR count). The van der Waals surface area contributed by atoms with Gasteiger partial charge >= 0.3 is 0 Å². The Morgan fingerprint density at radius 2 is 2.18 bits per heavy atom. The molecule has 1 fully saturated rings. The number of hydrogen-bond acceptors (Lipinski definition) is 3. The highest BCUT2D eigenvalue weighted by Gasteiger charge is 2.35. The van der Waals surface area contributed by atoms with Crippen molar-refractivity contribution in [2.45, 2.75) is 53.1 Å². The topological polar surface area (TPSA) is 67.2 Å². The van der Waals surface area contributed by atoms with Crippen molar-refractivity contribution >= 4 is 17.5 Å². The second kappa shape index (κ2) is 6.94. The lowest BCUT2D eigenvalue weighted by molar-refractivity contribution is -0.126. The van der Waals surface area contributed by atoms with Crippen LogP contribution in [0.5, 0.6) is 0 Å². The minimum absolute atomic E-state index is 0.00611. The van der Waals surface area contributed by atoms with Gasteiger partial charge in [0, 0.05) is 31.7 Å². The summed E-state index contributed by atoms with van der Waals surface area (Å²) in [6.07, 6.45) is 4.75. The smallest absolute Gasteiger partial charge is 0.227 e. The summed E-state index contributed by atoms with van der Waals surface area (Å²) in [5, 5.41) is 7.25. The van der Waals surface area contributed by atoms with E-state index >= 15 is 0 Å². The number of amides is 2. The van der Waals surface area contributed by atoms with Crippen molar-refractivity contribution < 1.29 is 9.59 Å². The third-order valence-corrected chi connectivity index (χ3v) is 3.98. The number of carbonyl (C=O) groups is 2. The average molecular weight is 306 g/mol. The third kappa shape index (κ3) is 3.87. The molecule has 22 heavy (non-hydrogen) atoms. The van der Waals surface area contributed by atoms with E-state index in [1.165, 1.54) is 0 Å². The van der Waals surface area contributed by atoms with Crippen LogP contribution >= 0.6 is 0 Å². The molecule has 6 nitrogen and oxygen atoms in total. The molecule has 1 aromatic heterocycles. The van der Waals surface area contributed by atoms with Crippen LogP contribution in [0.2, 0.25) is 0 Å². The largest absolute Gasteiger partial charge is 0.353 e. The minimum atomic E-state index is -0.269. The molecule has 1 aromatic rings. The number of anilines is 1. The molecule has 1 saturated heterocycles. The monoisotopic (exact) mass is 306 g/mol. The first-order valence-electron chi connectivity index (χ1n) is 8.03. The van der Waals surface area contributed by atoms with Crippen LogP contribution < -0.4 is 10.2 Å². The molecule has 1 aliphatic heterocycles. The Morgan fingerprint density at radius 3 is 2.82 bits per heavy atom. The Balaban J connectivity index is 2.00. The summed E-state index contributed by atoms with van der Waals surface area (Å²) in [6, 6.07) is 0.144. The lowest BCUT2D eigenvalue weighted by Gasteiger charge is -2.16. The second-order valence-electron chi connectivity index (χ2n) is 6.54. The van der Waals surface area contributed by atoms with Crippen molar-refractivity contribution in [2.75, 3.05) is 11.4 Å². The van der Waals surface area contributed by atoms with Crippen molar-refractivity contribution in [1.82, 2.24) is 15.1 Å². The molecular formula is C16H26N4O2. The zero-order valence-electron chi connectivity index (χ0n) is 13.9. The summed E-state index contributed by atoms with van der Waals surface area (Å²) >= 11 is 0. The third-order valence-electron chi connectivity index (χ3n) is 3.98. The lowest BCUT2D eigenvalue weighted by atomic mass is 10.1. The number of rotatable bonds is 6. The molecule has 0 bridgehead atoms. The summed E-state index contributed by atoms with van der Waals surface area (Å²) in [5.41, 5.74) is 0.782. The normalized spacial score (nSPS) is 19.8. The first-order valence-corrected chi connectivity index (χ1v) is 8.03. The van der Waals surface area contributed by atoms with Crippen LogP contribution in [-0.2, 0) is 16.1 Å². The SMILES string of the molecule is CC[C@H](C)NC(=O)[C@@H]1CC(=O)N(c2cnn(CC(C)C)c2)C1. The van der Waals surface area contributed by atoms with Crippen molar-refractivity contribution in [2.24, 2.45) is 11.8 Å². The standard InChI is InChI=1S/C16H26N4O2/c1-5-12(4)18-16(22)13-6-15(21)20(9-13)14-7-17-19(10-14)8-11(2)3/h7,10-13H,5-6,8-9H2,1-4H3,(H,18,22)/t12-,13+/m0/s1. The van der Waals surface area contributed by atoms with Crippen LogP contribution in [0.3, 0.4) is 0 Å². The van der Waals surface area contributed by atoms with Crippen LogP contribution in [0.25, 0.3) is 0 Å². The fourth-order valence-electron chi connectivity index (χ4n) is 2.56. The Hall–Kier alpha value is -1.85. The zero-order valence-corrected chi connectivity index (χ0v) is 13.9. The summed E-state index contributed by atoms with van der Waals surface area (Å²) in [7, 11) is 0. The number of nitrogens with zero attached hydrogens (tertiary/aromatic N) is 3. The molecule has 1 aliphatic rings.